The molecule has 1 aromatic carbocycles. The molecule has 0 radical (unpaired) electrons. The number of aromatic nitrogens is 2. The number of hydrogen-bond acceptors (Lipinski definition) is 4. The first-order chi connectivity index (χ1) is 17.5. The van der Waals surface area contributed by atoms with Crippen LogP contribution in [0, 0.1) is 11.8 Å². The van der Waals surface area contributed by atoms with Crippen molar-refractivity contribution in [2.24, 2.45) is 23.3 Å². The Morgan fingerprint density at radius 1 is 1.24 bits per heavy atom. The fourth-order valence-electron chi connectivity index (χ4n) is 5.01. The number of fused-ring (bicyclic) bond motifs is 1. The van der Waals surface area contributed by atoms with Crippen LogP contribution in [-0.2, 0) is 16.3 Å². The van der Waals surface area contributed by atoms with E-state index in [1.54, 1.807) is 18.2 Å². The first-order valence-corrected chi connectivity index (χ1v) is 16.8. The highest BCUT2D eigenvalue weighted by atomic mass is 28.3. The topological polar surface area (TPSA) is 96.2 Å². The van der Waals surface area contributed by atoms with Gasteiger partial charge in [0.05, 0.1) is 29.4 Å². The van der Waals surface area contributed by atoms with Gasteiger partial charge in [0.25, 0.3) is 0 Å². The van der Waals surface area contributed by atoms with Crippen molar-refractivity contribution in [3.8, 4) is 0 Å². The maximum Gasteiger partial charge on any atom is 0.389 e. The van der Waals surface area contributed by atoms with Crippen molar-refractivity contribution in [1.82, 2.24) is 9.55 Å². The van der Waals surface area contributed by atoms with Crippen LogP contribution in [-0.4, -0.2) is 42.2 Å². The lowest BCUT2D eigenvalue weighted by Crippen LogP contribution is -2.32. The highest BCUT2D eigenvalue weighted by Crippen LogP contribution is 2.41. The Balaban J connectivity index is 1.94. The summed E-state index contributed by atoms with van der Waals surface area (Å²) in [5.74, 6) is -5.62. The van der Waals surface area contributed by atoms with Crippen molar-refractivity contribution in [2.75, 3.05) is 6.61 Å². The van der Waals surface area contributed by atoms with Crippen LogP contribution >= 0.6 is 0 Å². The molecule has 6 nitrogen and oxygen atoms in total. The Morgan fingerprint density at radius 2 is 1.87 bits per heavy atom. The third-order valence-corrected chi connectivity index (χ3v) is 9.24. The normalized spacial score (nSPS) is 19.4. The average Bonchev–Trinajstić information content (AvgIpc) is 3.15. The monoisotopic (exact) mass is 562 g/mol. The highest BCUT2D eigenvalue weighted by Gasteiger charge is 2.39. The molecule has 1 aliphatic carbocycles. The Morgan fingerprint density at radius 3 is 2.42 bits per heavy atom. The molecular formula is C26H39F5N4O2Si. The molecule has 1 saturated carbocycles. The number of hydrogen-bond donors (Lipinski definition) is 2. The number of amides is 1. The molecule has 38 heavy (non-hydrogen) atoms. The third kappa shape index (κ3) is 7.98. The van der Waals surface area contributed by atoms with E-state index in [-0.39, 0.29) is 38.3 Å². The van der Waals surface area contributed by atoms with E-state index in [2.05, 4.69) is 19.6 Å². The molecule has 1 amide bonds. The highest BCUT2D eigenvalue weighted by molar-refractivity contribution is 6.76. The smallest absolute Gasteiger partial charge is 0.369 e. The second-order valence-electron chi connectivity index (χ2n) is 11.8. The zero-order chi connectivity index (χ0) is 28.5. The van der Waals surface area contributed by atoms with Gasteiger partial charge in [-0.05, 0) is 48.4 Å². The molecule has 3 atom stereocenters. The van der Waals surface area contributed by atoms with Crippen LogP contribution in [0.5, 0.6) is 0 Å². The Hall–Kier alpha value is -2.05. The molecule has 1 heterocycles. The van der Waals surface area contributed by atoms with E-state index in [1.165, 1.54) is 6.92 Å². The molecule has 1 unspecified atom stereocenters. The molecule has 0 aliphatic heterocycles. The Kier molecular flexibility index (Phi) is 9.30. The summed E-state index contributed by atoms with van der Waals surface area (Å²) in [4.78, 5) is 16.6. The fraction of sp³-hybridized carbons (Fsp3) is 0.692. The number of nitrogens with zero attached hydrogens (tertiary/aromatic N) is 2. The van der Waals surface area contributed by atoms with E-state index >= 15 is 0 Å². The van der Waals surface area contributed by atoms with Gasteiger partial charge in [0, 0.05) is 27.5 Å². The maximum atomic E-state index is 13.8. The summed E-state index contributed by atoms with van der Waals surface area (Å²) in [6.07, 6.45) is -5.77. The van der Waals surface area contributed by atoms with E-state index in [4.69, 9.17) is 21.2 Å². The number of alkyl halides is 5. The summed E-state index contributed by atoms with van der Waals surface area (Å²) in [7, 11) is -1.33. The van der Waals surface area contributed by atoms with Crippen molar-refractivity contribution >= 4 is 25.0 Å². The summed E-state index contributed by atoms with van der Waals surface area (Å²) in [5.41, 5.74) is 13.6. The van der Waals surface area contributed by atoms with Gasteiger partial charge in [0.1, 0.15) is 12.6 Å². The number of carbonyl (C=O) groups is 1. The van der Waals surface area contributed by atoms with Gasteiger partial charge in [-0.3, -0.25) is 4.79 Å². The van der Waals surface area contributed by atoms with Gasteiger partial charge in [-0.1, -0.05) is 32.6 Å². The number of benzene rings is 1. The lowest BCUT2D eigenvalue weighted by Gasteiger charge is -2.31. The van der Waals surface area contributed by atoms with Crippen LogP contribution in [0.1, 0.15) is 62.4 Å². The second-order valence-corrected chi connectivity index (χ2v) is 17.5. The number of ether oxygens (including phenoxy) is 1. The van der Waals surface area contributed by atoms with Crippen LogP contribution in [0.25, 0.3) is 11.0 Å². The first-order valence-electron chi connectivity index (χ1n) is 13.0. The number of rotatable bonds is 11. The summed E-state index contributed by atoms with van der Waals surface area (Å²) in [6, 6.07) is 5.39. The van der Waals surface area contributed by atoms with Crippen molar-refractivity contribution in [3.63, 3.8) is 0 Å². The van der Waals surface area contributed by atoms with Crippen LogP contribution in [0.15, 0.2) is 18.2 Å². The second kappa shape index (κ2) is 11.6. The standard InChI is InChI=1S/C26H39F5N4O2Si/c1-16(19(23(33)36)14-26(29,30)31)18-5-6-21-20(13-18)34-24(35(21)15-37-11-12-38(2,3)4)22(32)17-7-9-25(27,28)10-8-17/h5-6,13,16-17,19,22H,7-12,14-15,32H2,1-4H3,(H2,33,36)/t16-,19?,22-/m0/s1. The van der Waals surface area contributed by atoms with E-state index in [1.807, 2.05) is 4.57 Å². The summed E-state index contributed by atoms with van der Waals surface area (Å²) in [5, 5.41) is 0. The summed E-state index contributed by atoms with van der Waals surface area (Å²) >= 11 is 0. The van der Waals surface area contributed by atoms with Crippen molar-refractivity contribution in [3.05, 3.63) is 29.6 Å². The van der Waals surface area contributed by atoms with Crippen molar-refractivity contribution in [1.29, 1.82) is 0 Å². The average molecular weight is 563 g/mol. The fourth-order valence-corrected chi connectivity index (χ4v) is 5.77. The lowest BCUT2D eigenvalue weighted by molar-refractivity contribution is -0.154. The molecule has 0 bridgehead atoms. The molecule has 1 aromatic heterocycles. The zero-order valence-electron chi connectivity index (χ0n) is 22.5. The Bertz CT molecular complexity index is 1110. The van der Waals surface area contributed by atoms with Gasteiger partial charge in [0.15, 0.2) is 0 Å². The number of imidazole rings is 1. The van der Waals surface area contributed by atoms with Crippen LogP contribution in [0.4, 0.5) is 22.0 Å². The van der Waals surface area contributed by atoms with Crippen molar-refractivity contribution < 1.29 is 31.5 Å². The minimum Gasteiger partial charge on any atom is -0.369 e. The minimum atomic E-state index is -4.54. The summed E-state index contributed by atoms with van der Waals surface area (Å²) in [6.45, 7) is 8.97. The largest absolute Gasteiger partial charge is 0.389 e. The molecule has 214 valence electrons. The molecule has 3 rings (SSSR count). The SMILES string of the molecule is C[C@@H](c1ccc2c(c1)nc([C@@H](N)C1CCC(F)(F)CC1)n2COCC[Si](C)(C)C)C(CC(F)(F)F)C(N)=O. The minimum absolute atomic E-state index is 0.166. The zero-order valence-corrected chi connectivity index (χ0v) is 23.5. The molecule has 1 aliphatic rings. The molecule has 0 saturated heterocycles. The number of halogens is 5. The van der Waals surface area contributed by atoms with Crippen LogP contribution in [0.2, 0.25) is 25.7 Å². The molecule has 0 spiro atoms. The van der Waals surface area contributed by atoms with Gasteiger partial charge in [-0.2, -0.15) is 13.2 Å². The maximum absolute atomic E-state index is 13.8. The predicted molar refractivity (Wildman–Crippen MR) is 139 cm³/mol. The number of nitrogens with two attached hydrogens (primary N) is 2. The first kappa shape index (κ1) is 30.5. The molecule has 12 heteroatoms. The van der Waals surface area contributed by atoms with Gasteiger partial charge in [0.2, 0.25) is 11.8 Å². The molecule has 4 N–H and O–H groups in total. The van der Waals surface area contributed by atoms with Crippen molar-refractivity contribution in [2.45, 2.75) is 95.5 Å². The molecule has 2 aromatic rings. The van der Waals surface area contributed by atoms with E-state index in [0.29, 0.717) is 29.0 Å². The summed E-state index contributed by atoms with van der Waals surface area (Å²) < 4.78 is 74.6. The predicted octanol–water partition coefficient (Wildman–Crippen LogP) is 6.33. The van der Waals surface area contributed by atoms with Gasteiger partial charge >= 0.3 is 6.18 Å². The lowest BCUT2D eigenvalue weighted by atomic mass is 9.82. The molecular weight excluding hydrogens is 523 g/mol. The van der Waals surface area contributed by atoms with Gasteiger partial charge in [-0.25, -0.2) is 13.8 Å². The Labute approximate surface area is 221 Å². The van der Waals surface area contributed by atoms with Gasteiger partial charge in [-0.15, -0.1) is 0 Å². The number of carbonyl (C=O) groups excluding carboxylic acids is 1. The number of primary amides is 1. The van der Waals surface area contributed by atoms with E-state index < -0.39 is 50.4 Å². The van der Waals surface area contributed by atoms with Gasteiger partial charge < -0.3 is 20.8 Å². The molecule has 1 fully saturated rings. The van der Waals surface area contributed by atoms with E-state index in [0.717, 1.165) is 6.04 Å². The van der Waals surface area contributed by atoms with E-state index in [9.17, 15) is 26.7 Å². The van der Waals surface area contributed by atoms with Crippen LogP contribution < -0.4 is 11.5 Å². The van der Waals surface area contributed by atoms with Crippen LogP contribution in [0.3, 0.4) is 0 Å². The third-order valence-electron chi connectivity index (χ3n) is 7.53. The quantitative estimate of drug-likeness (QED) is 0.190.